The normalized spacial score (nSPS) is 29.1. The highest BCUT2D eigenvalue weighted by Crippen LogP contribution is 2.21. The predicted octanol–water partition coefficient (Wildman–Crippen LogP) is 1.05. The van der Waals surface area contributed by atoms with E-state index in [-0.39, 0.29) is 6.04 Å². The highest BCUT2D eigenvalue weighted by Gasteiger charge is 2.23. The van der Waals surface area contributed by atoms with Crippen molar-refractivity contribution in [3.63, 3.8) is 0 Å². The molecular formula is C10H14N2. The van der Waals surface area contributed by atoms with Crippen LogP contribution in [-0.2, 0) is 0 Å². The van der Waals surface area contributed by atoms with Crippen molar-refractivity contribution in [2.24, 2.45) is 5.73 Å². The standard InChI is InChI=1S/C10H14N2/c11-9-6-7-12-10(9)8-4-2-1-3-5-8/h1-5,9-10,12H,6-7,11H2/t9-,10-/m1/s1. The summed E-state index contributed by atoms with van der Waals surface area (Å²) in [6.07, 6.45) is 1.08. The second kappa shape index (κ2) is 3.25. The van der Waals surface area contributed by atoms with E-state index in [9.17, 15) is 0 Å². The molecule has 12 heavy (non-hydrogen) atoms. The van der Waals surface area contributed by atoms with Crippen LogP contribution in [0.25, 0.3) is 0 Å². The average Bonchev–Trinajstić information content (AvgIpc) is 2.53. The monoisotopic (exact) mass is 162 g/mol. The molecule has 0 spiro atoms. The fourth-order valence-corrected chi connectivity index (χ4v) is 1.75. The number of nitrogens with two attached hydrogens (primary N) is 1. The van der Waals surface area contributed by atoms with Crippen molar-refractivity contribution >= 4 is 0 Å². The highest BCUT2D eigenvalue weighted by molar-refractivity contribution is 5.21. The van der Waals surface area contributed by atoms with E-state index in [0.29, 0.717) is 6.04 Å². The Bertz CT molecular complexity index is 245. The van der Waals surface area contributed by atoms with E-state index >= 15 is 0 Å². The summed E-state index contributed by atoms with van der Waals surface area (Å²) in [5.74, 6) is 0. The molecule has 0 aromatic heterocycles. The molecule has 64 valence electrons. The second-order valence-corrected chi connectivity index (χ2v) is 3.30. The third-order valence-electron chi connectivity index (χ3n) is 2.43. The Hall–Kier alpha value is -0.860. The van der Waals surface area contributed by atoms with Gasteiger partial charge < -0.3 is 11.1 Å². The van der Waals surface area contributed by atoms with E-state index in [1.54, 1.807) is 0 Å². The summed E-state index contributed by atoms with van der Waals surface area (Å²) in [4.78, 5) is 0. The highest BCUT2D eigenvalue weighted by atomic mass is 15.0. The van der Waals surface area contributed by atoms with Gasteiger partial charge in [-0.3, -0.25) is 0 Å². The number of hydrogen-bond donors (Lipinski definition) is 2. The van der Waals surface area contributed by atoms with Crippen molar-refractivity contribution in [3.05, 3.63) is 35.9 Å². The first-order chi connectivity index (χ1) is 5.88. The van der Waals surface area contributed by atoms with Crippen LogP contribution in [0.2, 0.25) is 0 Å². The molecule has 0 saturated carbocycles. The lowest BCUT2D eigenvalue weighted by atomic mass is 10.0. The molecule has 3 N–H and O–H groups in total. The Kier molecular flexibility index (Phi) is 2.11. The molecule has 1 aromatic rings. The average molecular weight is 162 g/mol. The van der Waals surface area contributed by atoms with Crippen LogP contribution in [-0.4, -0.2) is 12.6 Å². The van der Waals surface area contributed by atoms with Gasteiger partial charge in [0.05, 0.1) is 0 Å². The van der Waals surface area contributed by atoms with Gasteiger partial charge in [-0.1, -0.05) is 30.3 Å². The smallest absolute Gasteiger partial charge is 0.0474 e. The lowest BCUT2D eigenvalue weighted by molar-refractivity contribution is 0.571. The van der Waals surface area contributed by atoms with Gasteiger partial charge in [-0.05, 0) is 18.5 Å². The summed E-state index contributed by atoms with van der Waals surface area (Å²) in [7, 11) is 0. The maximum absolute atomic E-state index is 5.95. The van der Waals surface area contributed by atoms with Crippen molar-refractivity contribution in [2.75, 3.05) is 6.54 Å². The SMILES string of the molecule is N[C@@H]1CCN[C@@H]1c1ccccc1. The lowest BCUT2D eigenvalue weighted by Gasteiger charge is -2.15. The second-order valence-electron chi connectivity index (χ2n) is 3.30. The number of rotatable bonds is 1. The van der Waals surface area contributed by atoms with Crippen LogP contribution >= 0.6 is 0 Å². The minimum absolute atomic E-state index is 0.285. The van der Waals surface area contributed by atoms with Gasteiger partial charge in [0.15, 0.2) is 0 Å². The zero-order chi connectivity index (χ0) is 8.39. The van der Waals surface area contributed by atoms with Gasteiger partial charge in [-0.25, -0.2) is 0 Å². The molecule has 0 radical (unpaired) electrons. The van der Waals surface area contributed by atoms with Crippen molar-refractivity contribution < 1.29 is 0 Å². The molecule has 1 heterocycles. The van der Waals surface area contributed by atoms with Crippen LogP contribution < -0.4 is 11.1 Å². The first-order valence-electron chi connectivity index (χ1n) is 4.42. The van der Waals surface area contributed by atoms with Gasteiger partial charge in [0.1, 0.15) is 0 Å². The molecule has 2 rings (SSSR count). The van der Waals surface area contributed by atoms with E-state index in [1.807, 2.05) is 6.07 Å². The summed E-state index contributed by atoms with van der Waals surface area (Å²) >= 11 is 0. The van der Waals surface area contributed by atoms with Crippen LogP contribution in [0.1, 0.15) is 18.0 Å². The first kappa shape index (κ1) is 7.77. The Labute approximate surface area is 72.8 Å². The molecule has 1 aliphatic heterocycles. The summed E-state index contributed by atoms with van der Waals surface area (Å²) in [6.45, 7) is 1.04. The quantitative estimate of drug-likeness (QED) is 0.647. The molecule has 2 atom stereocenters. The van der Waals surface area contributed by atoms with Crippen molar-refractivity contribution in [1.29, 1.82) is 0 Å². The third-order valence-corrected chi connectivity index (χ3v) is 2.43. The van der Waals surface area contributed by atoms with Crippen LogP contribution in [0, 0.1) is 0 Å². The van der Waals surface area contributed by atoms with Crippen molar-refractivity contribution in [1.82, 2.24) is 5.32 Å². The summed E-state index contributed by atoms with van der Waals surface area (Å²) in [5, 5.41) is 3.40. The zero-order valence-electron chi connectivity index (χ0n) is 7.03. The number of benzene rings is 1. The van der Waals surface area contributed by atoms with Crippen LogP contribution in [0.5, 0.6) is 0 Å². The minimum Gasteiger partial charge on any atom is -0.326 e. The molecule has 1 fully saturated rings. The number of hydrogen-bond acceptors (Lipinski definition) is 2. The predicted molar refractivity (Wildman–Crippen MR) is 49.8 cm³/mol. The van der Waals surface area contributed by atoms with Gasteiger partial charge in [-0.2, -0.15) is 0 Å². The fourth-order valence-electron chi connectivity index (χ4n) is 1.75. The van der Waals surface area contributed by atoms with Crippen molar-refractivity contribution in [2.45, 2.75) is 18.5 Å². The van der Waals surface area contributed by atoms with Crippen LogP contribution in [0.3, 0.4) is 0 Å². The van der Waals surface area contributed by atoms with Gasteiger partial charge >= 0.3 is 0 Å². The Morgan fingerprint density at radius 2 is 2.00 bits per heavy atom. The first-order valence-corrected chi connectivity index (χ1v) is 4.42. The molecular weight excluding hydrogens is 148 g/mol. The van der Waals surface area contributed by atoms with E-state index in [2.05, 4.69) is 29.6 Å². The van der Waals surface area contributed by atoms with Gasteiger partial charge in [0, 0.05) is 12.1 Å². The maximum Gasteiger partial charge on any atom is 0.0474 e. The molecule has 0 aliphatic carbocycles. The van der Waals surface area contributed by atoms with Crippen molar-refractivity contribution in [3.8, 4) is 0 Å². The van der Waals surface area contributed by atoms with Crippen LogP contribution in [0.15, 0.2) is 30.3 Å². The molecule has 0 bridgehead atoms. The Morgan fingerprint density at radius 1 is 1.25 bits per heavy atom. The van der Waals surface area contributed by atoms with E-state index < -0.39 is 0 Å². The van der Waals surface area contributed by atoms with Crippen LogP contribution in [0.4, 0.5) is 0 Å². The van der Waals surface area contributed by atoms with E-state index in [0.717, 1.165) is 13.0 Å². The summed E-state index contributed by atoms with van der Waals surface area (Å²) in [5.41, 5.74) is 7.26. The Morgan fingerprint density at radius 3 is 2.58 bits per heavy atom. The summed E-state index contributed by atoms with van der Waals surface area (Å²) < 4.78 is 0. The third kappa shape index (κ3) is 1.36. The van der Waals surface area contributed by atoms with E-state index in [4.69, 9.17) is 5.73 Å². The summed E-state index contributed by atoms with van der Waals surface area (Å²) in [6, 6.07) is 11.1. The molecule has 2 heteroatoms. The molecule has 2 nitrogen and oxygen atoms in total. The maximum atomic E-state index is 5.95. The number of nitrogens with one attached hydrogen (secondary N) is 1. The molecule has 0 unspecified atom stereocenters. The minimum atomic E-state index is 0.285. The zero-order valence-corrected chi connectivity index (χ0v) is 7.03. The van der Waals surface area contributed by atoms with E-state index in [1.165, 1.54) is 5.56 Å². The molecule has 0 amide bonds. The fraction of sp³-hybridized carbons (Fsp3) is 0.400. The molecule has 1 aliphatic rings. The van der Waals surface area contributed by atoms with Gasteiger partial charge in [-0.15, -0.1) is 0 Å². The molecule has 1 aromatic carbocycles. The largest absolute Gasteiger partial charge is 0.326 e. The van der Waals surface area contributed by atoms with Gasteiger partial charge in [0.25, 0.3) is 0 Å². The lowest BCUT2D eigenvalue weighted by Crippen LogP contribution is -2.27. The topological polar surface area (TPSA) is 38.0 Å². The molecule has 1 saturated heterocycles. The Balaban J connectivity index is 2.19. The van der Waals surface area contributed by atoms with Gasteiger partial charge in [0.2, 0.25) is 0 Å².